The number of hydrogen-bond acceptors (Lipinski definition) is 0. The molecule has 0 heterocycles. The van der Waals surface area contributed by atoms with E-state index in [0.717, 1.165) is 11.8 Å². The topological polar surface area (TPSA) is 0 Å². The second-order valence-electron chi connectivity index (χ2n) is 5.46. The monoisotopic (exact) mass is 214 g/mol. The number of benzene rings is 1. The summed E-state index contributed by atoms with van der Waals surface area (Å²) in [5.74, 6) is 1.50. The van der Waals surface area contributed by atoms with Gasteiger partial charge in [0.2, 0.25) is 0 Å². The van der Waals surface area contributed by atoms with Gasteiger partial charge < -0.3 is 0 Å². The van der Waals surface area contributed by atoms with Crippen molar-refractivity contribution >= 4 is 5.57 Å². The molecular weight excluding hydrogens is 192 g/mol. The van der Waals surface area contributed by atoms with Gasteiger partial charge in [-0.2, -0.15) is 0 Å². The Morgan fingerprint density at radius 1 is 1.19 bits per heavy atom. The molecule has 0 radical (unpaired) electrons. The molecule has 0 N–H and O–H groups in total. The minimum Gasteiger partial charge on any atom is -0.0723 e. The van der Waals surface area contributed by atoms with Crippen molar-refractivity contribution in [3.8, 4) is 0 Å². The number of rotatable bonds is 1. The lowest BCUT2D eigenvalue weighted by molar-refractivity contribution is 0.439. The van der Waals surface area contributed by atoms with Gasteiger partial charge in [0.15, 0.2) is 0 Å². The molecule has 0 fully saturated rings. The molecule has 0 saturated carbocycles. The summed E-state index contributed by atoms with van der Waals surface area (Å²) in [5, 5.41) is 0. The summed E-state index contributed by atoms with van der Waals surface area (Å²) in [6.07, 6.45) is 2.56. The highest BCUT2D eigenvalue weighted by molar-refractivity contribution is 5.73. The average Bonchev–Trinajstić information content (AvgIpc) is 2.27. The number of aryl methyl sites for hydroxylation is 1. The average molecular weight is 214 g/mol. The summed E-state index contributed by atoms with van der Waals surface area (Å²) in [6.45, 7) is 9.21. The molecular formula is C16H22. The molecule has 1 atom stereocenters. The van der Waals surface area contributed by atoms with Crippen LogP contribution < -0.4 is 0 Å². The van der Waals surface area contributed by atoms with Gasteiger partial charge in [0.1, 0.15) is 0 Å². The Morgan fingerprint density at radius 3 is 2.50 bits per heavy atom. The number of allylic oxidation sites excluding steroid dienone is 2. The van der Waals surface area contributed by atoms with E-state index in [0.29, 0.717) is 0 Å². The van der Waals surface area contributed by atoms with E-state index >= 15 is 0 Å². The minimum absolute atomic E-state index is 0.748. The van der Waals surface area contributed by atoms with Gasteiger partial charge in [0.05, 0.1) is 0 Å². The van der Waals surface area contributed by atoms with Crippen molar-refractivity contribution in [3.05, 3.63) is 41.0 Å². The van der Waals surface area contributed by atoms with E-state index in [1.54, 1.807) is 5.57 Å². The van der Waals surface area contributed by atoms with Gasteiger partial charge in [0, 0.05) is 0 Å². The van der Waals surface area contributed by atoms with Gasteiger partial charge in [-0.05, 0) is 55.2 Å². The Kier molecular flexibility index (Phi) is 3.18. The van der Waals surface area contributed by atoms with Crippen LogP contribution in [-0.2, 0) is 6.42 Å². The van der Waals surface area contributed by atoms with Gasteiger partial charge in [-0.25, -0.2) is 0 Å². The highest BCUT2D eigenvalue weighted by Crippen LogP contribution is 2.40. The van der Waals surface area contributed by atoms with Crippen molar-refractivity contribution in [3.63, 3.8) is 0 Å². The van der Waals surface area contributed by atoms with Crippen molar-refractivity contribution in [1.29, 1.82) is 0 Å². The molecule has 0 spiro atoms. The summed E-state index contributed by atoms with van der Waals surface area (Å²) in [6, 6.07) is 8.92. The van der Waals surface area contributed by atoms with Crippen molar-refractivity contribution in [1.82, 2.24) is 0 Å². The van der Waals surface area contributed by atoms with Crippen LogP contribution in [-0.4, -0.2) is 0 Å². The van der Waals surface area contributed by atoms with E-state index < -0.39 is 0 Å². The predicted molar refractivity (Wildman–Crippen MR) is 71.4 cm³/mol. The lowest BCUT2D eigenvalue weighted by Crippen LogP contribution is -2.19. The largest absolute Gasteiger partial charge is 0.0723 e. The summed E-state index contributed by atoms with van der Waals surface area (Å²) in [7, 11) is 0. The third-order valence-corrected chi connectivity index (χ3v) is 3.75. The van der Waals surface area contributed by atoms with E-state index in [4.69, 9.17) is 0 Å². The first-order valence-corrected chi connectivity index (χ1v) is 6.37. The van der Waals surface area contributed by atoms with E-state index in [-0.39, 0.29) is 0 Å². The van der Waals surface area contributed by atoms with Gasteiger partial charge in [0.25, 0.3) is 0 Å². The van der Waals surface area contributed by atoms with Crippen LogP contribution in [0.25, 0.3) is 5.57 Å². The molecule has 0 amide bonds. The normalized spacial score (nSPS) is 19.8. The fraction of sp³-hybridized carbons (Fsp3) is 0.500. The quantitative estimate of drug-likeness (QED) is 0.635. The van der Waals surface area contributed by atoms with Crippen LogP contribution in [0.2, 0.25) is 0 Å². The second-order valence-corrected chi connectivity index (χ2v) is 5.46. The molecule has 2 rings (SSSR count). The van der Waals surface area contributed by atoms with Crippen LogP contribution in [0.5, 0.6) is 0 Å². The summed E-state index contributed by atoms with van der Waals surface area (Å²) < 4.78 is 0. The molecule has 0 nitrogen and oxygen atoms in total. The first kappa shape index (κ1) is 11.4. The zero-order valence-electron chi connectivity index (χ0n) is 10.9. The molecule has 86 valence electrons. The van der Waals surface area contributed by atoms with Crippen LogP contribution >= 0.6 is 0 Å². The summed E-state index contributed by atoms with van der Waals surface area (Å²) in [4.78, 5) is 0. The molecule has 1 aliphatic carbocycles. The molecule has 16 heavy (non-hydrogen) atoms. The van der Waals surface area contributed by atoms with Crippen molar-refractivity contribution in [2.45, 2.75) is 40.5 Å². The van der Waals surface area contributed by atoms with E-state index in [1.807, 2.05) is 0 Å². The molecule has 1 aromatic rings. The van der Waals surface area contributed by atoms with E-state index in [9.17, 15) is 0 Å². The highest BCUT2D eigenvalue weighted by Gasteiger charge is 2.26. The zero-order valence-corrected chi connectivity index (χ0v) is 10.9. The Labute approximate surface area is 99.4 Å². The highest BCUT2D eigenvalue weighted by atomic mass is 14.3. The van der Waals surface area contributed by atoms with Gasteiger partial charge in [-0.3, -0.25) is 0 Å². The molecule has 0 aromatic heterocycles. The van der Waals surface area contributed by atoms with Crippen LogP contribution in [0.3, 0.4) is 0 Å². The Hall–Kier alpha value is -1.04. The van der Waals surface area contributed by atoms with Crippen LogP contribution in [0.4, 0.5) is 0 Å². The van der Waals surface area contributed by atoms with Crippen molar-refractivity contribution < 1.29 is 0 Å². The SMILES string of the molecule is CC(C)=C1c2ccccc2CC[C@@H]1C(C)C. The van der Waals surface area contributed by atoms with Gasteiger partial charge >= 0.3 is 0 Å². The first-order valence-electron chi connectivity index (χ1n) is 6.37. The predicted octanol–water partition coefficient (Wildman–Crippen LogP) is 4.70. The van der Waals surface area contributed by atoms with Crippen LogP contribution in [0.1, 0.15) is 45.2 Å². The minimum atomic E-state index is 0.748. The third-order valence-electron chi connectivity index (χ3n) is 3.75. The van der Waals surface area contributed by atoms with Gasteiger partial charge in [-0.1, -0.05) is 43.7 Å². The molecule has 1 aliphatic rings. The Bertz CT molecular complexity index is 406. The molecule has 0 heteroatoms. The van der Waals surface area contributed by atoms with Crippen molar-refractivity contribution in [2.24, 2.45) is 11.8 Å². The maximum absolute atomic E-state index is 2.35. The molecule has 0 bridgehead atoms. The van der Waals surface area contributed by atoms with E-state index in [2.05, 4.69) is 52.0 Å². The first-order chi connectivity index (χ1) is 7.61. The third kappa shape index (κ3) is 1.93. The summed E-state index contributed by atoms with van der Waals surface area (Å²) >= 11 is 0. The second kappa shape index (κ2) is 4.45. The maximum atomic E-state index is 2.35. The standard InChI is InChI=1S/C16H22/c1-11(2)14-10-9-13-7-5-6-8-15(13)16(14)12(3)4/h5-8,11,14H,9-10H2,1-4H3/t14-/m1/s1. The Balaban J connectivity index is 2.53. The fourth-order valence-corrected chi connectivity index (χ4v) is 2.96. The van der Waals surface area contributed by atoms with Crippen molar-refractivity contribution in [2.75, 3.05) is 0 Å². The van der Waals surface area contributed by atoms with Crippen LogP contribution in [0.15, 0.2) is 29.8 Å². The number of fused-ring (bicyclic) bond motifs is 1. The molecule has 0 unspecified atom stereocenters. The molecule has 1 aromatic carbocycles. The summed E-state index contributed by atoms with van der Waals surface area (Å²) in [5.41, 5.74) is 6.14. The lowest BCUT2D eigenvalue weighted by atomic mass is 9.73. The molecule has 0 aliphatic heterocycles. The molecule has 0 saturated heterocycles. The smallest absolute Gasteiger partial charge is 0.0130 e. The lowest BCUT2D eigenvalue weighted by Gasteiger charge is -2.32. The Morgan fingerprint density at radius 2 is 1.88 bits per heavy atom. The number of hydrogen-bond donors (Lipinski definition) is 0. The van der Waals surface area contributed by atoms with E-state index in [1.165, 1.54) is 29.5 Å². The zero-order chi connectivity index (χ0) is 11.7. The fourth-order valence-electron chi connectivity index (χ4n) is 2.96. The van der Waals surface area contributed by atoms with Crippen LogP contribution in [0, 0.1) is 11.8 Å². The maximum Gasteiger partial charge on any atom is -0.0130 e. The van der Waals surface area contributed by atoms with Gasteiger partial charge in [-0.15, -0.1) is 0 Å².